The fraction of sp³-hybridized carbons (Fsp3) is 0.0667. The Kier molecular flexibility index (Phi) is 4.03. The largest absolute Gasteiger partial charge is 0.435 e. The number of pyridine rings is 1. The highest BCUT2D eigenvalue weighted by Gasteiger charge is 2.09. The Bertz CT molecular complexity index is 867. The molecule has 6 nitrogen and oxygen atoms in total. The first kappa shape index (κ1) is 14.1. The molecule has 0 saturated carbocycles. The van der Waals surface area contributed by atoms with Crippen molar-refractivity contribution in [2.24, 2.45) is 4.99 Å². The first-order chi connectivity index (χ1) is 10.8. The van der Waals surface area contributed by atoms with Gasteiger partial charge < -0.3 is 4.42 Å². The molecule has 1 aromatic carbocycles. The number of benzene rings is 1. The molecule has 108 valence electrons. The van der Waals surface area contributed by atoms with Crippen molar-refractivity contribution in [1.29, 1.82) is 5.26 Å². The van der Waals surface area contributed by atoms with E-state index in [0.717, 1.165) is 0 Å². The van der Waals surface area contributed by atoms with E-state index < -0.39 is 0 Å². The second kappa shape index (κ2) is 6.28. The number of amidine groups is 1. The third-order valence-electron chi connectivity index (χ3n) is 2.84. The van der Waals surface area contributed by atoms with Crippen LogP contribution in [0.2, 0.25) is 0 Å². The maximum atomic E-state index is 8.66. The first-order valence-corrected chi connectivity index (χ1v) is 7.62. The van der Waals surface area contributed by atoms with E-state index in [1.54, 1.807) is 18.3 Å². The number of hydrogen-bond donors (Lipinski definition) is 1. The summed E-state index contributed by atoms with van der Waals surface area (Å²) in [4.78, 5) is 13.0. The summed E-state index contributed by atoms with van der Waals surface area (Å²) in [5.41, 5.74) is 2.73. The Morgan fingerprint density at radius 3 is 3.00 bits per heavy atom. The van der Waals surface area contributed by atoms with Crippen LogP contribution in [0.4, 0.5) is 5.69 Å². The van der Waals surface area contributed by atoms with Crippen molar-refractivity contribution in [3.05, 3.63) is 42.6 Å². The molecular formula is C15H11N5OS. The van der Waals surface area contributed by atoms with Gasteiger partial charge in [-0.25, -0.2) is 9.98 Å². The average Bonchev–Trinajstić information content (AvgIpc) is 2.98. The van der Waals surface area contributed by atoms with Crippen molar-refractivity contribution in [3.8, 4) is 17.8 Å². The van der Waals surface area contributed by atoms with Crippen LogP contribution in [0.3, 0.4) is 0 Å². The normalized spacial score (nSPS) is 11.4. The lowest BCUT2D eigenvalue weighted by molar-refractivity contribution is 0.617. The minimum atomic E-state index is 0.469. The van der Waals surface area contributed by atoms with Gasteiger partial charge in [-0.05, 0) is 36.6 Å². The Labute approximate surface area is 130 Å². The molecule has 0 aliphatic rings. The number of oxazole rings is 1. The molecule has 3 rings (SSSR count). The fourth-order valence-corrected chi connectivity index (χ4v) is 2.22. The van der Waals surface area contributed by atoms with E-state index in [1.807, 2.05) is 36.7 Å². The lowest BCUT2D eigenvalue weighted by atomic mass is 10.3. The maximum Gasteiger partial charge on any atom is 0.246 e. The van der Waals surface area contributed by atoms with Gasteiger partial charge in [0.05, 0.1) is 5.69 Å². The van der Waals surface area contributed by atoms with Crippen LogP contribution in [0, 0.1) is 11.5 Å². The standard InChI is InChI=1S/C15H11N5OS/c1-22-15(18-9-16)19-10-5-6-13-12(8-10)20-14(21-13)11-4-2-3-7-17-11/h2-8H,1H3,(H,18,19). The van der Waals surface area contributed by atoms with Crippen LogP contribution in [-0.4, -0.2) is 21.4 Å². The zero-order valence-corrected chi connectivity index (χ0v) is 12.5. The van der Waals surface area contributed by atoms with Crippen molar-refractivity contribution in [2.75, 3.05) is 6.26 Å². The van der Waals surface area contributed by atoms with Crippen LogP contribution in [0.5, 0.6) is 0 Å². The van der Waals surface area contributed by atoms with Crippen molar-refractivity contribution in [2.45, 2.75) is 0 Å². The van der Waals surface area contributed by atoms with Gasteiger partial charge in [0.25, 0.3) is 0 Å². The molecule has 0 radical (unpaired) electrons. The fourth-order valence-electron chi connectivity index (χ4n) is 1.87. The Morgan fingerprint density at radius 2 is 2.27 bits per heavy atom. The third kappa shape index (κ3) is 2.92. The van der Waals surface area contributed by atoms with E-state index in [4.69, 9.17) is 9.68 Å². The van der Waals surface area contributed by atoms with Crippen LogP contribution in [-0.2, 0) is 0 Å². The molecule has 0 saturated heterocycles. The number of aromatic nitrogens is 2. The summed E-state index contributed by atoms with van der Waals surface area (Å²) < 4.78 is 5.69. The third-order valence-corrected chi connectivity index (χ3v) is 3.42. The molecule has 2 aromatic heterocycles. The molecule has 0 bridgehead atoms. The van der Waals surface area contributed by atoms with E-state index in [0.29, 0.717) is 33.5 Å². The monoisotopic (exact) mass is 309 g/mol. The number of nitrogens with one attached hydrogen (secondary N) is 1. The molecule has 3 aromatic rings. The van der Waals surface area contributed by atoms with Crippen LogP contribution in [0.1, 0.15) is 0 Å². The molecule has 0 unspecified atom stereocenters. The van der Waals surface area contributed by atoms with Crippen molar-refractivity contribution >= 4 is 33.7 Å². The van der Waals surface area contributed by atoms with E-state index in [2.05, 4.69) is 20.3 Å². The topological polar surface area (TPSA) is 87.1 Å². The van der Waals surface area contributed by atoms with E-state index in [1.165, 1.54) is 11.8 Å². The Morgan fingerprint density at radius 1 is 1.36 bits per heavy atom. The lowest BCUT2D eigenvalue weighted by Gasteiger charge is -1.98. The van der Waals surface area contributed by atoms with Gasteiger partial charge in [-0.1, -0.05) is 17.8 Å². The van der Waals surface area contributed by atoms with Crippen LogP contribution in [0.15, 0.2) is 52.0 Å². The molecule has 0 fully saturated rings. The first-order valence-electron chi connectivity index (χ1n) is 6.40. The zero-order valence-electron chi connectivity index (χ0n) is 11.6. The number of rotatable bonds is 2. The van der Waals surface area contributed by atoms with E-state index in [-0.39, 0.29) is 0 Å². The van der Waals surface area contributed by atoms with Gasteiger partial charge in [-0.15, -0.1) is 0 Å². The lowest BCUT2D eigenvalue weighted by Crippen LogP contribution is -2.12. The molecule has 0 spiro atoms. The summed E-state index contributed by atoms with van der Waals surface area (Å²) >= 11 is 1.36. The van der Waals surface area contributed by atoms with Gasteiger partial charge in [0.2, 0.25) is 5.89 Å². The number of thioether (sulfide) groups is 1. The minimum absolute atomic E-state index is 0.469. The number of fused-ring (bicyclic) bond motifs is 1. The predicted octanol–water partition coefficient (Wildman–Crippen LogP) is 3.31. The molecule has 22 heavy (non-hydrogen) atoms. The zero-order chi connectivity index (χ0) is 15.4. The highest BCUT2D eigenvalue weighted by atomic mass is 32.2. The second-order valence-corrected chi connectivity index (χ2v) is 5.04. The molecule has 0 atom stereocenters. The molecular weight excluding hydrogens is 298 g/mol. The summed E-state index contributed by atoms with van der Waals surface area (Å²) in [5.74, 6) is 0.469. The average molecular weight is 309 g/mol. The second-order valence-electron chi connectivity index (χ2n) is 4.24. The minimum Gasteiger partial charge on any atom is -0.435 e. The summed E-state index contributed by atoms with van der Waals surface area (Å²) in [6.45, 7) is 0. The van der Waals surface area contributed by atoms with Gasteiger partial charge in [-0.3, -0.25) is 10.3 Å². The van der Waals surface area contributed by atoms with Gasteiger partial charge in [0.15, 0.2) is 16.9 Å². The molecule has 7 heteroatoms. The molecule has 0 aliphatic carbocycles. The molecule has 2 heterocycles. The van der Waals surface area contributed by atoms with Gasteiger partial charge >= 0.3 is 0 Å². The van der Waals surface area contributed by atoms with Crippen molar-refractivity contribution in [1.82, 2.24) is 15.3 Å². The van der Waals surface area contributed by atoms with Gasteiger partial charge in [-0.2, -0.15) is 5.26 Å². The van der Waals surface area contributed by atoms with Crippen LogP contribution in [0.25, 0.3) is 22.7 Å². The van der Waals surface area contributed by atoms with Crippen molar-refractivity contribution in [3.63, 3.8) is 0 Å². The highest BCUT2D eigenvalue weighted by molar-refractivity contribution is 8.13. The summed E-state index contributed by atoms with van der Waals surface area (Å²) in [6.07, 6.45) is 5.39. The Balaban J connectivity index is 1.99. The number of nitrogens with zero attached hydrogens (tertiary/aromatic N) is 4. The molecule has 0 amide bonds. The smallest absolute Gasteiger partial charge is 0.246 e. The number of nitriles is 1. The summed E-state index contributed by atoms with van der Waals surface area (Å²) in [6, 6.07) is 11.0. The van der Waals surface area contributed by atoms with Crippen LogP contribution >= 0.6 is 11.8 Å². The number of aliphatic imine (C=N–C) groups is 1. The number of hydrogen-bond acceptors (Lipinski definition) is 6. The summed E-state index contributed by atoms with van der Waals surface area (Å²) in [5, 5.41) is 11.7. The Hall–Kier alpha value is -2.85. The van der Waals surface area contributed by atoms with Gasteiger partial charge in [0.1, 0.15) is 11.2 Å². The van der Waals surface area contributed by atoms with Crippen LogP contribution < -0.4 is 5.32 Å². The van der Waals surface area contributed by atoms with Crippen molar-refractivity contribution < 1.29 is 4.42 Å². The van der Waals surface area contributed by atoms with Gasteiger partial charge in [0, 0.05) is 6.20 Å². The predicted molar refractivity (Wildman–Crippen MR) is 86.6 cm³/mol. The highest BCUT2D eigenvalue weighted by Crippen LogP contribution is 2.26. The summed E-state index contributed by atoms with van der Waals surface area (Å²) in [7, 11) is 0. The SMILES string of the molecule is CSC(=Nc1ccc2oc(-c3ccccn3)nc2c1)NC#N. The molecule has 1 N–H and O–H groups in total. The molecule has 0 aliphatic heterocycles. The maximum absolute atomic E-state index is 8.66. The van der Waals surface area contributed by atoms with E-state index >= 15 is 0 Å². The quantitative estimate of drug-likeness (QED) is 0.338. The van der Waals surface area contributed by atoms with E-state index in [9.17, 15) is 0 Å².